The number of aliphatic hydroxyl groups is 1. The molecule has 2 heterocycles. The summed E-state index contributed by atoms with van der Waals surface area (Å²) in [7, 11) is 0. The molecule has 3 nitrogen and oxygen atoms in total. The van der Waals surface area contributed by atoms with Crippen molar-refractivity contribution in [3.05, 3.63) is 0 Å². The molecule has 1 N–H and O–H groups in total. The molecular weight excluding hydrogens is 144 g/mol. The molecule has 3 atom stereocenters. The van der Waals surface area contributed by atoms with Gasteiger partial charge in [0, 0.05) is 6.61 Å². The molecule has 0 aliphatic carbocycles. The van der Waals surface area contributed by atoms with Crippen molar-refractivity contribution in [2.75, 3.05) is 13.2 Å². The molecule has 3 heteroatoms. The van der Waals surface area contributed by atoms with Crippen LogP contribution in [0.1, 0.15) is 6.42 Å². The molecule has 0 aromatic heterocycles. The van der Waals surface area contributed by atoms with E-state index in [1.807, 2.05) is 0 Å². The summed E-state index contributed by atoms with van der Waals surface area (Å²) in [6.45, 7) is 1.20. The third kappa shape index (κ3) is 1.54. The Morgan fingerprint density at radius 3 is 2.64 bits per heavy atom. The normalized spacial score (nSPS) is 40.8. The second kappa shape index (κ2) is 3.72. The van der Waals surface area contributed by atoms with Crippen molar-refractivity contribution in [3.63, 3.8) is 0 Å². The van der Waals surface area contributed by atoms with Crippen molar-refractivity contribution >= 4 is 0 Å². The summed E-state index contributed by atoms with van der Waals surface area (Å²) < 4.78 is 10.4. The van der Waals surface area contributed by atoms with Gasteiger partial charge >= 0.3 is 0 Å². The van der Waals surface area contributed by atoms with Crippen LogP contribution < -0.4 is 0 Å². The van der Waals surface area contributed by atoms with Crippen molar-refractivity contribution in [3.8, 4) is 12.8 Å². The molecule has 2 rings (SSSR count). The van der Waals surface area contributed by atoms with Crippen LogP contribution in [-0.4, -0.2) is 36.6 Å². The van der Waals surface area contributed by atoms with Gasteiger partial charge in [-0.05, 0) is 6.42 Å². The lowest BCUT2D eigenvalue weighted by molar-refractivity contribution is 0.0187. The minimum absolute atomic E-state index is 0.0231. The van der Waals surface area contributed by atoms with E-state index in [4.69, 9.17) is 14.6 Å². The van der Waals surface area contributed by atoms with Crippen LogP contribution in [0, 0.1) is 12.8 Å². The zero-order chi connectivity index (χ0) is 8.27. The monoisotopic (exact) mass is 156 g/mol. The summed E-state index contributed by atoms with van der Waals surface area (Å²) in [5, 5.41) is 9.15. The highest BCUT2D eigenvalue weighted by atomic mass is 16.6. The highest BCUT2D eigenvalue weighted by Gasteiger charge is 2.40. The van der Waals surface area contributed by atoms with E-state index in [9.17, 15) is 0 Å². The first-order valence-corrected chi connectivity index (χ1v) is 3.62. The van der Waals surface area contributed by atoms with Crippen LogP contribution in [0.25, 0.3) is 0 Å². The standard InChI is InChI=1S/C6H10O3.C2H2/c7-4-3-9-5-1-2-8-6(4)5;1-2/h4-7H,1-3H2;1-2H/t4-,5-,6-;/m1./s1. The predicted octanol–water partition coefficient (Wildman–Crippen LogP) is -0.216. The quantitative estimate of drug-likeness (QED) is 0.493. The number of hydrogen-bond donors (Lipinski definition) is 1. The summed E-state index contributed by atoms with van der Waals surface area (Å²) in [6.07, 6.45) is 8.73. The molecule has 0 unspecified atom stereocenters. The van der Waals surface area contributed by atoms with E-state index in [1.165, 1.54) is 0 Å². The summed E-state index contributed by atoms with van der Waals surface area (Å²) in [6, 6.07) is 0. The number of rotatable bonds is 0. The Labute approximate surface area is 66.3 Å². The molecule has 0 spiro atoms. The third-order valence-corrected chi connectivity index (χ3v) is 1.94. The van der Waals surface area contributed by atoms with E-state index >= 15 is 0 Å². The maximum atomic E-state index is 9.15. The largest absolute Gasteiger partial charge is 0.388 e. The lowest BCUT2D eigenvalue weighted by atomic mass is 10.1. The Morgan fingerprint density at radius 2 is 2.00 bits per heavy atom. The smallest absolute Gasteiger partial charge is 0.112 e. The number of aliphatic hydroxyl groups excluding tert-OH is 1. The highest BCUT2D eigenvalue weighted by molar-refractivity contribution is 4.88. The van der Waals surface area contributed by atoms with Crippen molar-refractivity contribution in [1.29, 1.82) is 0 Å². The minimum Gasteiger partial charge on any atom is -0.388 e. The van der Waals surface area contributed by atoms with Gasteiger partial charge in [-0.3, -0.25) is 0 Å². The Hall–Kier alpha value is -0.560. The van der Waals surface area contributed by atoms with Gasteiger partial charge in [0.1, 0.15) is 12.2 Å². The van der Waals surface area contributed by atoms with Crippen LogP contribution >= 0.6 is 0 Å². The maximum absolute atomic E-state index is 9.15. The molecule has 2 saturated heterocycles. The first kappa shape index (κ1) is 8.54. The molecule has 2 aliphatic rings. The number of hydrogen-bond acceptors (Lipinski definition) is 3. The van der Waals surface area contributed by atoms with Crippen LogP contribution in [0.4, 0.5) is 0 Å². The Morgan fingerprint density at radius 1 is 1.27 bits per heavy atom. The van der Waals surface area contributed by atoms with E-state index < -0.39 is 0 Å². The van der Waals surface area contributed by atoms with Crippen LogP contribution in [0.15, 0.2) is 0 Å². The van der Waals surface area contributed by atoms with Crippen molar-refractivity contribution in [2.45, 2.75) is 24.7 Å². The summed E-state index contributed by atoms with van der Waals surface area (Å²) in [5.41, 5.74) is 0. The molecule has 11 heavy (non-hydrogen) atoms. The summed E-state index contributed by atoms with van der Waals surface area (Å²) in [4.78, 5) is 0. The van der Waals surface area contributed by atoms with E-state index in [0.29, 0.717) is 6.61 Å². The maximum Gasteiger partial charge on any atom is 0.112 e. The average molecular weight is 156 g/mol. The van der Waals surface area contributed by atoms with E-state index in [2.05, 4.69) is 12.8 Å². The third-order valence-electron chi connectivity index (χ3n) is 1.94. The van der Waals surface area contributed by atoms with Gasteiger partial charge in [0.15, 0.2) is 0 Å². The molecule has 2 fully saturated rings. The van der Waals surface area contributed by atoms with Crippen LogP contribution in [0.2, 0.25) is 0 Å². The van der Waals surface area contributed by atoms with Gasteiger partial charge in [-0.15, -0.1) is 12.8 Å². The van der Waals surface area contributed by atoms with E-state index in [-0.39, 0.29) is 18.3 Å². The zero-order valence-corrected chi connectivity index (χ0v) is 6.27. The number of terminal acetylenes is 1. The second-order valence-electron chi connectivity index (χ2n) is 2.56. The molecule has 0 saturated carbocycles. The van der Waals surface area contributed by atoms with Gasteiger partial charge in [-0.2, -0.15) is 0 Å². The minimum atomic E-state index is -0.377. The topological polar surface area (TPSA) is 38.7 Å². The molecule has 62 valence electrons. The second-order valence-corrected chi connectivity index (χ2v) is 2.56. The number of fused-ring (bicyclic) bond motifs is 1. The van der Waals surface area contributed by atoms with Gasteiger partial charge in [0.25, 0.3) is 0 Å². The highest BCUT2D eigenvalue weighted by Crippen LogP contribution is 2.25. The predicted molar refractivity (Wildman–Crippen MR) is 40.0 cm³/mol. The lowest BCUT2D eigenvalue weighted by Crippen LogP contribution is -2.26. The molecule has 0 aromatic rings. The average Bonchev–Trinajstić information content (AvgIpc) is 2.60. The first-order valence-electron chi connectivity index (χ1n) is 3.62. The fourth-order valence-corrected chi connectivity index (χ4v) is 1.45. The van der Waals surface area contributed by atoms with Crippen molar-refractivity contribution in [1.82, 2.24) is 0 Å². The molecule has 0 bridgehead atoms. The van der Waals surface area contributed by atoms with Gasteiger partial charge in [-0.1, -0.05) is 0 Å². The first-order chi connectivity index (χ1) is 5.38. The van der Waals surface area contributed by atoms with Gasteiger partial charge in [0.05, 0.1) is 12.7 Å². The van der Waals surface area contributed by atoms with Crippen molar-refractivity contribution < 1.29 is 14.6 Å². The number of ether oxygens (including phenoxy) is 2. The summed E-state index contributed by atoms with van der Waals surface area (Å²) in [5.74, 6) is 0. The Kier molecular flexibility index (Phi) is 2.89. The fraction of sp³-hybridized carbons (Fsp3) is 0.750. The SMILES string of the molecule is C#C.O[C@@H]1CO[C@@H]2CCO[C@H]12. The zero-order valence-electron chi connectivity index (χ0n) is 6.27. The van der Waals surface area contributed by atoms with Crippen LogP contribution in [0.5, 0.6) is 0 Å². The van der Waals surface area contributed by atoms with Gasteiger partial charge in [-0.25, -0.2) is 0 Å². The molecule has 0 amide bonds. The van der Waals surface area contributed by atoms with E-state index in [0.717, 1.165) is 13.0 Å². The lowest BCUT2D eigenvalue weighted by Gasteiger charge is -2.08. The molecule has 0 aromatic carbocycles. The molecule has 2 aliphatic heterocycles. The molecular formula is C8H12O3. The van der Waals surface area contributed by atoms with Gasteiger partial charge < -0.3 is 14.6 Å². The Bertz CT molecular complexity index is 144. The Balaban J connectivity index is 0.000000281. The summed E-state index contributed by atoms with van der Waals surface area (Å²) >= 11 is 0. The molecule has 0 radical (unpaired) electrons. The fourth-order valence-electron chi connectivity index (χ4n) is 1.45. The van der Waals surface area contributed by atoms with Crippen LogP contribution in [-0.2, 0) is 9.47 Å². The van der Waals surface area contributed by atoms with Crippen LogP contribution in [0.3, 0.4) is 0 Å². The van der Waals surface area contributed by atoms with Gasteiger partial charge in [0.2, 0.25) is 0 Å². The van der Waals surface area contributed by atoms with Crippen molar-refractivity contribution in [2.24, 2.45) is 0 Å². The van der Waals surface area contributed by atoms with E-state index in [1.54, 1.807) is 0 Å².